The van der Waals surface area contributed by atoms with E-state index in [1.165, 1.54) is 36.3 Å². The average molecular weight is 1090 g/mol. The lowest BCUT2D eigenvalue weighted by atomic mass is 9.94. The molecule has 1 heterocycles. The summed E-state index contributed by atoms with van der Waals surface area (Å²) in [6.45, 7) is 0.0703. The van der Waals surface area contributed by atoms with E-state index in [0.29, 0.717) is 24.3 Å². The summed E-state index contributed by atoms with van der Waals surface area (Å²) in [5, 5.41) is 3.05. The molecule has 15 nitrogen and oxygen atoms in total. The van der Waals surface area contributed by atoms with Gasteiger partial charge in [-0.2, -0.15) is 0 Å². The molecule has 0 unspecified atom stereocenters. The van der Waals surface area contributed by atoms with E-state index in [1.807, 2.05) is 152 Å². The molecule has 0 spiro atoms. The van der Waals surface area contributed by atoms with Gasteiger partial charge in [-0.25, -0.2) is 14.4 Å². The number of likely N-dealkylation sites (tertiary alicyclic amines) is 1. The lowest BCUT2D eigenvalue weighted by Gasteiger charge is -2.29. The summed E-state index contributed by atoms with van der Waals surface area (Å²) in [6.07, 6.45) is -0.978. The number of nitrogens with one attached hydrogen (secondary N) is 1. The van der Waals surface area contributed by atoms with E-state index in [4.69, 9.17) is 37.9 Å². The van der Waals surface area contributed by atoms with E-state index in [0.717, 1.165) is 27.8 Å². The van der Waals surface area contributed by atoms with Crippen LogP contribution in [0.2, 0.25) is 0 Å². The van der Waals surface area contributed by atoms with Gasteiger partial charge in [0.25, 0.3) is 5.91 Å². The summed E-state index contributed by atoms with van der Waals surface area (Å²) in [4.78, 5) is 74.2. The molecule has 1 N–H and O–H groups in total. The first-order chi connectivity index (χ1) is 39.7. The molecule has 412 valence electrons. The van der Waals surface area contributed by atoms with Crippen molar-refractivity contribution in [2.24, 2.45) is 0 Å². The second kappa shape index (κ2) is 28.2. The fraction of sp³-hybridized carbons (Fsp3) is 0.197. The maximum Gasteiger partial charge on any atom is 0.410 e. The van der Waals surface area contributed by atoms with Gasteiger partial charge in [0, 0.05) is 25.8 Å². The van der Waals surface area contributed by atoms with Gasteiger partial charge < -0.3 is 48.1 Å². The topological polar surface area (TPSA) is 174 Å². The Bertz CT molecular complexity index is 3300. The van der Waals surface area contributed by atoms with Crippen LogP contribution >= 0.6 is 0 Å². The third-order valence-corrected chi connectivity index (χ3v) is 13.2. The number of esters is 2. The summed E-state index contributed by atoms with van der Waals surface area (Å²) in [5.41, 5.74) is 3.81. The predicted molar refractivity (Wildman–Crippen MR) is 301 cm³/mol. The average Bonchev–Trinajstić information content (AvgIpc) is 3.75. The van der Waals surface area contributed by atoms with Crippen LogP contribution in [0, 0.1) is 0 Å². The van der Waals surface area contributed by atoms with Gasteiger partial charge in [0.05, 0.1) is 22.7 Å². The molecule has 2 amide bonds. The van der Waals surface area contributed by atoms with E-state index in [-0.39, 0.29) is 92.2 Å². The van der Waals surface area contributed by atoms with Crippen LogP contribution in [-0.2, 0) is 52.0 Å². The Balaban J connectivity index is 1.06. The van der Waals surface area contributed by atoms with Gasteiger partial charge in [-0.1, -0.05) is 158 Å². The van der Waals surface area contributed by atoms with Gasteiger partial charge in [0.15, 0.2) is 6.79 Å². The number of methoxy groups -OCH3 is 1. The van der Waals surface area contributed by atoms with Crippen LogP contribution in [0.3, 0.4) is 0 Å². The molecule has 1 fully saturated rings. The molecular formula is C66H60N2O13. The van der Waals surface area contributed by atoms with Gasteiger partial charge in [-0.05, 0) is 89.2 Å². The fourth-order valence-electron chi connectivity index (χ4n) is 9.02. The fourth-order valence-corrected chi connectivity index (χ4v) is 9.02. The molecule has 8 aromatic rings. The zero-order valence-corrected chi connectivity index (χ0v) is 44.6. The van der Waals surface area contributed by atoms with Crippen molar-refractivity contribution in [3.05, 3.63) is 262 Å². The SMILES string of the molecule is COCOc1cccc(C(=O)OCc2ccccc2)c1C(=O)c1c(OCc2ccccc2)cc(C(=O)O[C@@H]2CCCN(C(=O)OCc3ccccc3)C[C@H]2NC(=O)c2ccc(OCc3ccccc3)cc2)cc1OCc1ccccc1. The van der Waals surface area contributed by atoms with E-state index in [1.54, 1.807) is 30.3 Å². The third-order valence-electron chi connectivity index (χ3n) is 13.2. The number of hydrogen-bond donors (Lipinski definition) is 1. The molecule has 0 aromatic heterocycles. The smallest absolute Gasteiger partial charge is 0.410 e. The number of ketones is 1. The molecule has 9 rings (SSSR count). The standard InChI is InChI=1S/C66H60N2O13/c1-74-45-80-57-30-17-29-54(65(72)78-43-49-25-13-5-14-26-49)60(57)62(69)61-58(76-41-47-21-9-3-10-22-47)37-52(38-59(61)77-42-48-23-11-4-12-24-48)64(71)81-56-31-18-36-68(66(73)79-44-50-27-15-6-16-28-50)39-55(56)67-63(70)51-32-34-53(35-33-51)75-40-46-19-7-2-8-20-46/h2-17,19-30,32-35,37-38,55-56H,18,31,36,39-45H2,1H3,(H,67,70)/t55-,56-/m1/s1. The highest BCUT2D eigenvalue weighted by atomic mass is 16.7. The van der Waals surface area contributed by atoms with Crippen molar-refractivity contribution >= 4 is 29.7 Å². The van der Waals surface area contributed by atoms with Crippen molar-refractivity contribution in [1.82, 2.24) is 10.2 Å². The second-order valence-electron chi connectivity index (χ2n) is 19.0. The van der Waals surface area contributed by atoms with Crippen molar-refractivity contribution in [2.75, 3.05) is 27.0 Å². The monoisotopic (exact) mass is 1090 g/mol. The van der Waals surface area contributed by atoms with Crippen LogP contribution in [0.15, 0.2) is 206 Å². The van der Waals surface area contributed by atoms with Crippen LogP contribution in [0.25, 0.3) is 0 Å². The molecule has 2 atom stereocenters. The molecule has 8 aromatic carbocycles. The molecular weight excluding hydrogens is 1030 g/mol. The number of nitrogens with zero attached hydrogens (tertiary/aromatic N) is 1. The summed E-state index contributed by atoms with van der Waals surface area (Å²) in [6, 6.07) is 59.6. The minimum Gasteiger partial charge on any atom is -0.489 e. The molecule has 1 aliphatic rings. The Morgan fingerprint density at radius 1 is 0.494 bits per heavy atom. The van der Waals surface area contributed by atoms with Crippen molar-refractivity contribution < 1.29 is 61.9 Å². The number of rotatable bonds is 23. The normalized spacial score (nSPS) is 13.9. The molecule has 1 aliphatic heterocycles. The number of carbonyl (C=O) groups is 5. The Hall–Kier alpha value is -9.73. The molecule has 0 bridgehead atoms. The Morgan fingerprint density at radius 2 is 1.00 bits per heavy atom. The number of ether oxygens (including phenoxy) is 8. The minimum atomic E-state index is -0.986. The van der Waals surface area contributed by atoms with Gasteiger partial charge in [-0.15, -0.1) is 0 Å². The zero-order chi connectivity index (χ0) is 56.2. The molecule has 81 heavy (non-hydrogen) atoms. The molecule has 0 radical (unpaired) electrons. The molecule has 0 aliphatic carbocycles. The lowest BCUT2D eigenvalue weighted by molar-refractivity contribution is 0.0173. The van der Waals surface area contributed by atoms with Crippen LogP contribution < -0.4 is 24.3 Å². The quantitative estimate of drug-likeness (QED) is 0.0278. The maximum absolute atomic E-state index is 15.6. The van der Waals surface area contributed by atoms with Gasteiger partial charge in [-0.3, -0.25) is 9.59 Å². The number of carbonyl (C=O) groups excluding carboxylic acids is 5. The Labute approximate surface area is 469 Å². The first-order valence-corrected chi connectivity index (χ1v) is 26.5. The van der Waals surface area contributed by atoms with Crippen molar-refractivity contribution in [2.45, 2.75) is 58.0 Å². The molecule has 0 saturated carbocycles. The van der Waals surface area contributed by atoms with Crippen molar-refractivity contribution in [3.63, 3.8) is 0 Å². The summed E-state index contributed by atoms with van der Waals surface area (Å²) < 4.78 is 48.2. The first kappa shape index (κ1) is 56.0. The van der Waals surface area contributed by atoms with Gasteiger partial charge >= 0.3 is 18.0 Å². The summed E-state index contributed by atoms with van der Waals surface area (Å²) in [7, 11) is 1.42. The third kappa shape index (κ3) is 15.5. The van der Waals surface area contributed by atoms with Crippen LogP contribution in [-0.4, -0.2) is 73.8 Å². The highest BCUT2D eigenvalue weighted by molar-refractivity contribution is 6.19. The molecule has 1 saturated heterocycles. The van der Waals surface area contributed by atoms with Gasteiger partial charge in [0.2, 0.25) is 5.78 Å². The largest absolute Gasteiger partial charge is 0.489 e. The van der Waals surface area contributed by atoms with Crippen molar-refractivity contribution in [3.8, 4) is 23.0 Å². The van der Waals surface area contributed by atoms with Crippen LogP contribution in [0.1, 0.15) is 87.7 Å². The Kier molecular flexibility index (Phi) is 19.5. The second-order valence-corrected chi connectivity index (χ2v) is 19.0. The van der Waals surface area contributed by atoms with Crippen molar-refractivity contribution in [1.29, 1.82) is 0 Å². The first-order valence-electron chi connectivity index (χ1n) is 26.5. The summed E-state index contributed by atoms with van der Waals surface area (Å²) in [5.74, 6) is -2.48. The molecule has 15 heteroatoms. The number of amides is 2. The maximum atomic E-state index is 15.6. The van der Waals surface area contributed by atoms with E-state index in [2.05, 4.69) is 5.32 Å². The lowest BCUT2D eigenvalue weighted by Crippen LogP contribution is -2.51. The summed E-state index contributed by atoms with van der Waals surface area (Å²) >= 11 is 0. The highest BCUT2D eigenvalue weighted by Gasteiger charge is 2.36. The number of benzene rings is 8. The van der Waals surface area contributed by atoms with E-state index in [9.17, 15) is 19.2 Å². The number of hydrogen-bond acceptors (Lipinski definition) is 13. The Morgan fingerprint density at radius 3 is 1.53 bits per heavy atom. The van der Waals surface area contributed by atoms with Crippen LogP contribution in [0.5, 0.6) is 23.0 Å². The van der Waals surface area contributed by atoms with Crippen LogP contribution in [0.4, 0.5) is 4.79 Å². The minimum absolute atomic E-state index is 0.00861. The van der Waals surface area contributed by atoms with E-state index >= 15 is 4.79 Å². The zero-order valence-electron chi connectivity index (χ0n) is 44.6. The highest BCUT2D eigenvalue weighted by Crippen LogP contribution is 2.38. The predicted octanol–water partition coefficient (Wildman–Crippen LogP) is 11.8. The van der Waals surface area contributed by atoms with Gasteiger partial charge in [0.1, 0.15) is 67.7 Å². The van der Waals surface area contributed by atoms with E-state index < -0.39 is 41.9 Å².